The first-order valence-electron chi connectivity index (χ1n) is 1.89. The lowest BCUT2D eigenvalue weighted by atomic mass is 10.8. The maximum absolute atomic E-state index is 9.98. The smallest absolute Gasteiger partial charge is 0.438 e. The Bertz CT molecular complexity index is 115. The average molecular weight is 115 g/mol. The van der Waals surface area contributed by atoms with E-state index in [0.717, 1.165) is 0 Å². The summed E-state index contributed by atoms with van der Waals surface area (Å²) in [5.74, 6) is 0. The van der Waals surface area contributed by atoms with E-state index >= 15 is 0 Å². The van der Waals surface area contributed by atoms with Gasteiger partial charge in [0.15, 0.2) is 6.61 Å². The number of ether oxygens (including phenoxy) is 2. The van der Waals surface area contributed by atoms with Crippen LogP contribution in [-0.2, 0) is 9.47 Å². The van der Waals surface area contributed by atoms with Crippen molar-refractivity contribution < 1.29 is 14.3 Å². The number of hydrogen-bond donors (Lipinski definition) is 0. The summed E-state index contributed by atoms with van der Waals surface area (Å²) >= 11 is 0. The van der Waals surface area contributed by atoms with Crippen LogP contribution in [0.4, 0.5) is 4.79 Å². The number of carbonyl (C=O) groups is 1. The molecule has 8 heavy (non-hydrogen) atoms. The second-order valence-corrected chi connectivity index (χ2v) is 0.901. The van der Waals surface area contributed by atoms with E-state index in [0.29, 0.717) is 0 Å². The quantitative estimate of drug-likeness (QED) is 0.461. The van der Waals surface area contributed by atoms with E-state index in [2.05, 4.69) is 9.47 Å². The van der Waals surface area contributed by atoms with E-state index in [1.54, 1.807) is 6.07 Å². The predicted octanol–water partition coefficient (Wildman–Crippen LogP) is 0.293. The highest BCUT2D eigenvalue weighted by molar-refractivity contribution is 5.59. The lowest BCUT2D eigenvalue weighted by Crippen LogP contribution is -2.03. The van der Waals surface area contributed by atoms with Crippen molar-refractivity contribution in [2.75, 3.05) is 13.7 Å². The highest BCUT2D eigenvalue weighted by Crippen LogP contribution is 1.78. The van der Waals surface area contributed by atoms with Crippen molar-refractivity contribution in [1.29, 1.82) is 5.26 Å². The largest absolute Gasteiger partial charge is 0.509 e. The first-order valence-corrected chi connectivity index (χ1v) is 1.89. The molecule has 0 aliphatic heterocycles. The minimum absolute atomic E-state index is 0.257. The molecule has 0 bridgehead atoms. The average Bonchev–Trinajstić information content (AvgIpc) is 1.83. The Morgan fingerprint density at radius 1 is 1.88 bits per heavy atom. The maximum Gasteiger partial charge on any atom is 0.509 e. The molecule has 0 aromatic rings. The molecule has 0 aliphatic carbocycles. The van der Waals surface area contributed by atoms with E-state index in [4.69, 9.17) is 5.26 Å². The van der Waals surface area contributed by atoms with Gasteiger partial charge in [-0.15, -0.1) is 0 Å². The molecule has 0 aromatic heterocycles. The fourth-order valence-electron chi connectivity index (χ4n) is 0.150. The third kappa shape index (κ3) is 2.97. The van der Waals surface area contributed by atoms with E-state index in [1.165, 1.54) is 7.11 Å². The topological polar surface area (TPSA) is 59.3 Å². The van der Waals surface area contributed by atoms with Crippen molar-refractivity contribution in [2.24, 2.45) is 0 Å². The van der Waals surface area contributed by atoms with E-state index < -0.39 is 6.16 Å². The Kier molecular flexibility index (Phi) is 3.32. The molecule has 0 saturated carbocycles. The minimum Gasteiger partial charge on any atom is -0.438 e. The molecule has 0 unspecified atom stereocenters. The fraction of sp³-hybridized carbons (Fsp3) is 0.500. The summed E-state index contributed by atoms with van der Waals surface area (Å²) in [7, 11) is 1.18. The van der Waals surface area contributed by atoms with Crippen molar-refractivity contribution in [3.63, 3.8) is 0 Å². The Morgan fingerprint density at radius 2 is 2.50 bits per heavy atom. The summed E-state index contributed by atoms with van der Waals surface area (Å²) in [4.78, 5) is 9.98. The van der Waals surface area contributed by atoms with Gasteiger partial charge in [0.05, 0.1) is 7.11 Å². The van der Waals surface area contributed by atoms with Crippen LogP contribution in [-0.4, -0.2) is 19.9 Å². The summed E-state index contributed by atoms with van der Waals surface area (Å²) in [6.07, 6.45) is -0.827. The van der Waals surface area contributed by atoms with Crippen molar-refractivity contribution in [3.05, 3.63) is 0 Å². The van der Waals surface area contributed by atoms with E-state index in [1.807, 2.05) is 0 Å². The Morgan fingerprint density at radius 3 is 2.88 bits per heavy atom. The van der Waals surface area contributed by atoms with Crippen molar-refractivity contribution in [2.45, 2.75) is 0 Å². The molecule has 0 N–H and O–H groups in total. The maximum atomic E-state index is 9.98. The van der Waals surface area contributed by atoms with Gasteiger partial charge in [-0.2, -0.15) is 5.26 Å². The van der Waals surface area contributed by atoms with Gasteiger partial charge in [-0.3, -0.25) is 0 Å². The molecular weight excluding hydrogens is 110 g/mol. The summed E-state index contributed by atoms with van der Waals surface area (Å²) in [6, 6.07) is 1.61. The van der Waals surface area contributed by atoms with Crippen LogP contribution in [0.1, 0.15) is 0 Å². The van der Waals surface area contributed by atoms with Gasteiger partial charge in [0.2, 0.25) is 0 Å². The number of nitrogens with zero attached hydrogens (tertiary/aromatic N) is 1. The van der Waals surface area contributed by atoms with Crippen LogP contribution in [0.25, 0.3) is 0 Å². The van der Waals surface area contributed by atoms with Gasteiger partial charge in [-0.1, -0.05) is 0 Å². The number of nitriles is 1. The van der Waals surface area contributed by atoms with Crippen molar-refractivity contribution >= 4 is 6.16 Å². The molecule has 4 nitrogen and oxygen atoms in total. The molecule has 0 radical (unpaired) electrons. The molecule has 0 amide bonds. The standard InChI is InChI=1S/C4H5NO3/c1-7-4(6)8-3-2-5/h3H2,1H3. The van der Waals surface area contributed by atoms with Crippen LogP contribution in [0, 0.1) is 11.3 Å². The Hall–Kier alpha value is -1.24. The normalized spacial score (nSPS) is 7.00. The fourth-order valence-corrected chi connectivity index (χ4v) is 0.150. The second-order valence-electron chi connectivity index (χ2n) is 0.901. The zero-order valence-electron chi connectivity index (χ0n) is 4.38. The van der Waals surface area contributed by atoms with Gasteiger partial charge >= 0.3 is 6.16 Å². The lowest BCUT2D eigenvalue weighted by Gasteiger charge is -1.93. The van der Waals surface area contributed by atoms with Gasteiger partial charge < -0.3 is 9.47 Å². The number of hydrogen-bond acceptors (Lipinski definition) is 4. The molecule has 0 atom stereocenters. The summed E-state index contributed by atoms with van der Waals surface area (Å²) in [5, 5.41) is 7.83. The molecule has 0 saturated heterocycles. The molecular formula is C4H5NO3. The Balaban J connectivity index is 3.15. The molecule has 0 aliphatic rings. The van der Waals surface area contributed by atoms with Gasteiger partial charge in [0.25, 0.3) is 0 Å². The molecule has 0 rings (SSSR count). The van der Waals surface area contributed by atoms with Crippen LogP contribution in [0.3, 0.4) is 0 Å². The SMILES string of the molecule is COC(=O)OCC#N. The first-order chi connectivity index (χ1) is 3.81. The molecule has 0 fully saturated rings. The zero-order chi connectivity index (χ0) is 6.41. The van der Waals surface area contributed by atoms with Crippen LogP contribution in [0.15, 0.2) is 0 Å². The summed E-state index contributed by atoms with van der Waals surface area (Å²) in [5.41, 5.74) is 0. The second kappa shape index (κ2) is 3.93. The van der Waals surface area contributed by atoms with Crippen molar-refractivity contribution in [3.8, 4) is 6.07 Å². The zero-order valence-corrected chi connectivity index (χ0v) is 4.38. The molecule has 0 spiro atoms. The van der Waals surface area contributed by atoms with Crippen LogP contribution in [0.5, 0.6) is 0 Å². The predicted molar refractivity (Wildman–Crippen MR) is 24.0 cm³/mol. The highest BCUT2D eigenvalue weighted by Gasteiger charge is 1.95. The van der Waals surface area contributed by atoms with Gasteiger partial charge in [-0.25, -0.2) is 4.79 Å². The monoisotopic (exact) mass is 115 g/mol. The van der Waals surface area contributed by atoms with Crippen LogP contribution in [0.2, 0.25) is 0 Å². The van der Waals surface area contributed by atoms with Crippen molar-refractivity contribution in [1.82, 2.24) is 0 Å². The van der Waals surface area contributed by atoms with Gasteiger partial charge in [0.1, 0.15) is 6.07 Å². The third-order valence-corrected chi connectivity index (χ3v) is 0.421. The minimum atomic E-state index is -0.827. The number of rotatable bonds is 1. The number of carbonyl (C=O) groups excluding carboxylic acids is 1. The molecule has 44 valence electrons. The van der Waals surface area contributed by atoms with Crippen LogP contribution >= 0.6 is 0 Å². The van der Waals surface area contributed by atoms with Gasteiger partial charge in [-0.05, 0) is 0 Å². The van der Waals surface area contributed by atoms with E-state index in [-0.39, 0.29) is 6.61 Å². The van der Waals surface area contributed by atoms with E-state index in [9.17, 15) is 4.79 Å². The molecule has 0 aromatic carbocycles. The first kappa shape index (κ1) is 6.76. The van der Waals surface area contributed by atoms with Crippen LogP contribution < -0.4 is 0 Å². The Labute approximate surface area is 46.6 Å². The summed E-state index contributed by atoms with van der Waals surface area (Å²) in [6.45, 7) is -0.257. The molecule has 4 heteroatoms. The molecule has 0 heterocycles. The third-order valence-electron chi connectivity index (χ3n) is 0.421. The number of methoxy groups -OCH3 is 1. The van der Waals surface area contributed by atoms with Gasteiger partial charge in [0, 0.05) is 0 Å². The lowest BCUT2D eigenvalue weighted by molar-refractivity contribution is 0.0829. The highest BCUT2D eigenvalue weighted by atomic mass is 16.7. The summed E-state index contributed by atoms with van der Waals surface area (Å²) < 4.78 is 8.16.